The Kier molecular flexibility index (Phi) is 6.21. The largest absolute Gasteiger partial charge is 0.452 e. The number of nitrogens with one attached hydrogen (secondary N) is 1. The predicted octanol–water partition coefficient (Wildman–Crippen LogP) is 2.28. The maximum Gasteiger partial charge on any atom is 0.331 e. The van der Waals surface area contributed by atoms with E-state index in [1.54, 1.807) is 14.0 Å². The highest BCUT2D eigenvalue weighted by molar-refractivity contribution is 6.31. The van der Waals surface area contributed by atoms with Crippen LogP contribution in [0.3, 0.4) is 0 Å². The van der Waals surface area contributed by atoms with Gasteiger partial charge in [-0.2, -0.15) is 10.4 Å². The number of nitriles is 1. The lowest BCUT2D eigenvalue weighted by Crippen LogP contribution is -2.49. The molecule has 1 aliphatic carbocycles. The number of aromatic nitrogens is 2. The maximum absolute atomic E-state index is 12.0. The summed E-state index contributed by atoms with van der Waals surface area (Å²) in [6, 6.07) is 2.19. The lowest BCUT2D eigenvalue weighted by molar-refractivity contribution is -0.144. The van der Waals surface area contributed by atoms with E-state index in [1.807, 2.05) is 0 Å². The first-order valence-electron chi connectivity index (χ1n) is 8.13. The molecular formula is C17H21ClN4O3. The van der Waals surface area contributed by atoms with Crippen LogP contribution in [0.25, 0.3) is 6.08 Å². The number of esters is 1. The zero-order valence-corrected chi connectivity index (χ0v) is 15.1. The Morgan fingerprint density at radius 1 is 1.44 bits per heavy atom. The average molecular weight is 365 g/mol. The van der Waals surface area contributed by atoms with Gasteiger partial charge in [-0.15, -0.1) is 0 Å². The molecule has 0 bridgehead atoms. The van der Waals surface area contributed by atoms with Crippen molar-refractivity contribution in [3.8, 4) is 6.07 Å². The third-order valence-electron chi connectivity index (χ3n) is 4.23. The predicted molar refractivity (Wildman–Crippen MR) is 92.5 cm³/mol. The zero-order valence-electron chi connectivity index (χ0n) is 14.3. The van der Waals surface area contributed by atoms with E-state index in [9.17, 15) is 14.9 Å². The van der Waals surface area contributed by atoms with Crippen LogP contribution in [-0.4, -0.2) is 33.8 Å². The van der Waals surface area contributed by atoms with E-state index in [-0.39, 0.29) is 0 Å². The molecule has 1 aliphatic rings. The molecule has 1 aromatic rings. The summed E-state index contributed by atoms with van der Waals surface area (Å²) in [7, 11) is 1.70. The number of rotatable bonds is 5. The Morgan fingerprint density at radius 3 is 2.68 bits per heavy atom. The van der Waals surface area contributed by atoms with Gasteiger partial charge < -0.3 is 10.1 Å². The van der Waals surface area contributed by atoms with Crippen molar-refractivity contribution in [2.75, 3.05) is 6.61 Å². The molecule has 1 fully saturated rings. The second-order valence-corrected chi connectivity index (χ2v) is 6.52. The van der Waals surface area contributed by atoms with Gasteiger partial charge in [0.15, 0.2) is 6.61 Å². The van der Waals surface area contributed by atoms with Crippen LogP contribution in [0.5, 0.6) is 0 Å². The lowest BCUT2D eigenvalue weighted by Gasteiger charge is -2.31. The monoisotopic (exact) mass is 364 g/mol. The molecule has 134 valence electrons. The number of hydrogen-bond donors (Lipinski definition) is 1. The van der Waals surface area contributed by atoms with Crippen LogP contribution in [0.2, 0.25) is 5.15 Å². The van der Waals surface area contributed by atoms with Gasteiger partial charge in [-0.1, -0.05) is 30.9 Å². The number of carbonyl (C=O) groups is 2. The van der Waals surface area contributed by atoms with E-state index in [0.717, 1.165) is 19.3 Å². The summed E-state index contributed by atoms with van der Waals surface area (Å²) in [5, 5.41) is 16.6. The minimum Gasteiger partial charge on any atom is -0.452 e. The van der Waals surface area contributed by atoms with Crippen LogP contribution in [0.15, 0.2) is 6.08 Å². The normalized spacial score (nSPS) is 16.4. The van der Waals surface area contributed by atoms with Crippen molar-refractivity contribution in [1.29, 1.82) is 5.26 Å². The molecule has 25 heavy (non-hydrogen) atoms. The van der Waals surface area contributed by atoms with Gasteiger partial charge in [-0.05, 0) is 25.8 Å². The summed E-state index contributed by atoms with van der Waals surface area (Å²) in [6.07, 6.45) is 6.83. The van der Waals surface area contributed by atoms with Crippen LogP contribution in [0, 0.1) is 18.3 Å². The first kappa shape index (κ1) is 19.0. The molecule has 0 unspecified atom stereocenters. The molecular weight excluding hydrogens is 344 g/mol. The van der Waals surface area contributed by atoms with Gasteiger partial charge in [0, 0.05) is 18.7 Å². The number of aryl methyl sites for hydroxylation is 2. The van der Waals surface area contributed by atoms with Gasteiger partial charge in [-0.3, -0.25) is 9.48 Å². The molecule has 2 rings (SSSR count). The number of carbonyl (C=O) groups excluding carboxylic acids is 2. The van der Waals surface area contributed by atoms with Gasteiger partial charge >= 0.3 is 5.97 Å². The molecule has 1 heterocycles. The van der Waals surface area contributed by atoms with Crippen molar-refractivity contribution < 1.29 is 14.3 Å². The lowest BCUT2D eigenvalue weighted by atomic mass is 9.83. The molecule has 0 aliphatic heterocycles. The minimum atomic E-state index is -0.835. The standard InChI is InChI=1S/C17H21ClN4O3/c1-12-13(16(18)22(2)21-12)6-7-15(24)25-10-14(23)20-17(11-19)8-4-3-5-9-17/h6-7H,3-5,8-10H2,1-2H3,(H,20,23)/b7-6+. The highest BCUT2D eigenvalue weighted by Crippen LogP contribution is 2.27. The topological polar surface area (TPSA) is 97.0 Å². The van der Waals surface area contributed by atoms with E-state index in [4.69, 9.17) is 16.3 Å². The van der Waals surface area contributed by atoms with E-state index >= 15 is 0 Å². The number of ether oxygens (including phenoxy) is 1. The fourth-order valence-corrected chi connectivity index (χ4v) is 3.13. The van der Waals surface area contributed by atoms with Crippen LogP contribution < -0.4 is 5.32 Å². The smallest absolute Gasteiger partial charge is 0.331 e. The molecule has 0 radical (unpaired) electrons. The summed E-state index contributed by atoms with van der Waals surface area (Å²) in [4.78, 5) is 23.7. The second-order valence-electron chi connectivity index (χ2n) is 6.16. The van der Waals surface area contributed by atoms with E-state index < -0.39 is 24.0 Å². The Labute approximate surface area is 151 Å². The number of amides is 1. The minimum absolute atomic E-state index is 0.410. The highest BCUT2D eigenvalue weighted by Gasteiger charge is 2.33. The quantitative estimate of drug-likeness (QED) is 0.638. The first-order chi connectivity index (χ1) is 11.9. The van der Waals surface area contributed by atoms with Gasteiger partial charge in [0.05, 0.1) is 11.8 Å². The summed E-state index contributed by atoms with van der Waals surface area (Å²) in [6.45, 7) is 1.35. The summed E-state index contributed by atoms with van der Waals surface area (Å²) < 4.78 is 6.43. The molecule has 0 spiro atoms. The van der Waals surface area contributed by atoms with Gasteiger partial charge in [0.25, 0.3) is 5.91 Å². The van der Waals surface area contributed by atoms with Crippen molar-refractivity contribution in [3.63, 3.8) is 0 Å². The first-order valence-corrected chi connectivity index (χ1v) is 8.51. The third kappa shape index (κ3) is 4.83. The van der Waals surface area contributed by atoms with Gasteiger partial charge in [0.2, 0.25) is 0 Å². The Bertz CT molecular complexity index is 727. The molecule has 0 atom stereocenters. The van der Waals surface area contributed by atoms with Crippen LogP contribution >= 0.6 is 11.6 Å². The second kappa shape index (κ2) is 8.17. The molecule has 1 saturated carbocycles. The van der Waals surface area contributed by atoms with Gasteiger partial charge in [-0.25, -0.2) is 4.79 Å². The van der Waals surface area contributed by atoms with E-state index in [2.05, 4.69) is 16.5 Å². The van der Waals surface area contributed by atoms with Crippen molar-refractivity contribution in [2.24, 2.45) is 7.05 Å². The zero-order chi connectivity index (χ0) is 18.4. The number of nitrogens with zero attached hydrogens (tertiary/aromatic N) is 3. The van der Waals surface area contributed by atoms with E-state index in [1.165, 1.54) is 16.8 Å². The van der Waals surface area contributed by atoms with Crippen molar-refractivity contribution in [3.05, 3.63) is 22.5 Å². The van der Waals surface area contributed by atoms with Crippen LogP contribution in [-0.2, 0) is 21.4 Å². The molecule has 0 saturated heterocycles. The molecule has 0 aromatic carbocycles. The Balaban J connectivity index is 1.86. The fraction of sp³-hybridized carbons (Fsp3) is 0.529. The summed E-state index contributed by atoms with van der Waals surface area (Å²) >= 11 is 6.07. The fourth-order valence-electron chi connectivity index (χ4n) is 2.89. The molecule has 1 N–H and O–H groups in total. The number of hydrogen-bond acceptors (Lipinski definition) is 5. The molecule has 7 nitrogen and oxygen atoms in total. The van der Waals surface area contributed by atoms with Crippen LogP contribution in [0.4, 0.5) is 0 Å². The number of halogens is 1. The van der Waals surface area contributed by atoms with Crippen molar-refractivity contribution >= 4 is 29.6 Å². The summed E-state index contributed by atoms with van der Waals surface area (Å²) in [5.41, 5.74) is 0.469. The average Bonchev–Trinajstić information content (AvgIpc) is 2.84. The maximum atomic E-state index is 12.0. The van der Waals surface area contributed by atoms with Crippen molar-refractivity contribution in [2.45, 2.75) is 44.6 Å². The van der Waals surface area contributed by atoms with E-state index in [0.29, 0.717) is 29.3 Å². The van der Waals surface area contributed by atoms with Crippen LogP contribution in [0.1, 0.15) is 43.4 Å². The van der Waals surface area contributed by atoms with Crippen molar-refractivity contribution in [1.82, 2.24) is 15.1 Å². The Morgan fingerprint density at radius 2 is 2.12 bits per heavy atom. The molecule has 1 amide bonds. The third-order valence-corrected chi connectivity index (χ3v) is 4.68. The highest BCUT2D eigenvalue weighted by atomic mass is 35.5. The van der Waals surface area contributed by atoms with Gasteiger partial charge in [0.1, 0.15) is 10.7 Å². The molecule has 1 aromatic heterocycles. The summed E-state index contributed by atoms with van der Waals surface area (Å²) in [5.74, 6) is -1.13. The Hall–Kier alpha value is -2.33. The molecule has 8 heteroatoms. The SMILES string of the molecule is Cc1nn(C)c(Cl)c1/C=C/C(=O)OCC(=O)NC1(C#N)CCCCC1.